The number of rotatable bonds is 12. The maximum atomic E-state index is 14.3. The number of hydrogen-bond donors (Lipinski definition) is 3. The van der Waals surface area contributed by atoms with Crippen molar-refractivity contribution in [3.63, 3.8) is 0 Å². The fraction of sp³-hybridized carbons (Fsp3) is 0.421. The van der Waals surface area contributed by atoms with E-state index in [1.54, 1.807) is 30.3 Å². The number of hydrogen-bond acceptors (Lipinski definition) is 10. The number of halogens is 1. The van der Waals surface area contributed by atoms with Crippen LogP contribution in [0.3, 0.4) is 0 Å². The van der Waals surface area contributed by atoms with Crippen molar-refractivity contribution in [2.75, 3.05) is 32.8 Å². The Morgan fingerprint density at radius 1 is 1.08 bits per heavy atom. The molecule has 276 valence electrons. The highest BCUT2D eigenvalue weighted by molar-refractivity contribution is 5.99. The van der Waals surface area contributed by atoms with Crippen molar-refractivity contribution in [1.29, 1.82) is 5.26 Å². The molecule has 2 amide bonds. The van der Waals surface area contributed by atoms with Crippen LogP contribution in [0.25, 0.3) is 11.0 Å². The van der Waals surface area contributed by atoms with E-state index < -0.39 is 42.3 Å². The fourth-order valence-corrected chi connectivity index (χ4v) is 7.17. The van der Waals surface area contributed by atoms with Crippen LogP contribution in [0.5, 0.6) is 5.88 Å². The number of aliphatic hydroxyl groups is 1. The third-order valence-electron chi connectivity index (χ3n) is 10.2. The molecule has 15 heteroatoms. The summed E-state index contributed by atoms with van der Waals surface area (Å²) >= 11 is 0. The summed E-state index contributed by atoms with van der Waals surface area (Å²) in [6, 6.07) is 16.0. The van der Waals surface area contributed by atoms with Gasteiger partial charge in [0.25, 0.3) is 5.91 Å². The van der Waals surface area contributed by atoms with Crippen LogP contribution in [0.4, 0.5) is 4.39 Å². The molecule has 0 aliphatic carbocycles. The van der Waals surface area contributed by atoms with Gasteiger partial charge in [-0.25, -0.2) is 19.2 Å². The zero-order valence-electron chi connectivity index (χ0n) is 29.0. The molecule has 3 fully saturated rings. The van der Waals surface area contributed by atoms with Gasteiger partial charge in [-0.05, 0) is 68.8 Å². The zero-order valence-corrected chi connectivity index (χ0v) is 29.0. The molecule has 0 spiro atoms. The third kappa shape index (κ3) is 8.15. The second-order valence-corrected chi connectivity index (χ2v) is 13.8. The first-order chi connectivity index (χ1) is 25.6. The van der Waals surface area contributed by atoms with Gasteiger partial charge >= 0.3 is 5.97 Å². The molecule has 1 unspecified atom stereocenters. The first kappa shape index (κ1) is 36.0. The average Bonchev–Trinajstić information content (AvgIpc) is 3.71. The lowest BCUT2D eigenvalue weighted by Gasteiger charge is -2.32. The van der Waals surface area contributed by atoms with Crippen LogP contribution in [-0.4, -0.2) is 103 Å². The number of carboxylic acid groups (broad SMARTS) is 1. The average molecular weight is 726 g/mol. The van der Waals surface area contributed by atoms with Gasteiger partial charge in [0, 0.05) is 48.4 Å². The number of carbonyl (C=O) groups is 3. The highest BCUT2D eigenvalue weighted by Gasteiger charge is 2.38. The molecular weight excluding hydrogens is 685 g/mol. The van der Waals surface area contributed by atoms with Crippen LogP contribution in [-0.2, 0) is 34.0 Å². The van der Waals surface area contributed by atoms with E-state index in [1.165, 1.54) is 6.07 Å². The lowest BCUT2D eigenvalue weighted by molar-refractivity contribution is -0.147. The molecular formula is C38H40FN7O7. The number of imidazole rings is 1. The molecule has 3 aliphatic heterocycles. The van der Waals surface area contributed by atoms with E-state index in [0.29, 0.717) is 35.6 Å². The largest absolute Gasteiger partial charge is 0.480 e. The summed E-state index contributed by atoms with van der Waals surface area (Å²) in [6.07, 6.45) is 1.81. The van der Waals surface area contributed by atoms with Crippen molar-refractivity contribution in [3.05, 3.63) is 88.6 Å². The number of nitriles is 1. The van der Waals surface area contributed by atoms with E-state index in [-0.39, 0.29) is 37.2 Å². The normalized spacial score (nSPS) is 20.5. The molecule has 0 saturated carbocycles. The maximum absolute atomic E-state index is 14.3. The Hall–Kier alpha value is -5.43. The molecule has 0 bridgehead atoms. The number of nitrogens with zero attached hydrogens (tertiary/aromatic N) is 6. The number of aliphatic carboxylic acids is 1. The van der Waals surface area contributed by atoms with Gasteiger partial charge in [-0.3, -0.25) is 14.5 Å². The lowest BCUT2D eigenvalue weighted by Crippen LogP contribution is -2.45. The Morgan fingerprint density at radius 3 is 2.60 bits per heavy atom. The smallest absolute Gasteiger partial charge is 0.326 e. The number of aliphatic hydroxyl groups excluding tert-OH is 1. The lowest BCUT2D eigenvalue weighted by atomic mass is 9.93. The molecule has 4 aromatic rings. The summed E-state index contributed by atoms with van der Waals surface area (Å²) in [5.41, 5.74) is 3.36. The molecule has 3 aliphatic rings. The van der Waals surface area contributed by atoms with Crippen molar-refractivity contribution in [1.82, 2.24) is 29.7 Å². The van der Waals surface area contributed by atoms with Crippen LogP contribution in [0.1, 0.15) is 64.6 Å². The Morgan fingerprint density at radius 2 is 1.89 bits per heavy atom. The predicted molar refractivity (Wildman–Crippen MR) is 187 cm³/mol. The number of ether oxygens (including phenoxy) is 2. The standard InChI is InChI=1S/C38H40FN7O7/c39-29-14-23(17-40)4-5-26(29)22-53-35-3-1-2-30(43-35)24-8-11-44(12-9-24)21-34-42-31-15-25(6-7-32(31)45(34)20-28-10-13-52-28)37(49)41-18-36(48)46-19-27(47)16-33(46)38(50)51/h1-7,14-15,24,27-28,33,47H,8-13,16,18-22H2,(H,41,49)(H,50,51)/t27-,28-,33?/m0/s1. The second kappa shape index (κ2) is 15.7. The molecule has 3 atom stereocenters. The predicted octanol–water partition coefficient (Wildman–Crippen LogP) is 2.97. The number of likely N-dealkylation sites (tertiary alicyclic amines) is 2. The molecule has 7 rings (SSSR count). The summed E-state index contributed by atoms with van der Waals surface area (Å²) in [4.78, 5) is 50.4. The van der Waals surface area contributed by atoms with E-state index in [9.17, 15) is 29.0 Å². The molecule has 53 heavy (non-hydrogen) atoms. The van der Waals surface area contributed by atoms with Crippen molar-refractivity contribution in [2.24, 2.45) is 0 Å². The van der Waals surface area contributed by atoms with Gasteiger partial charge in [0.1, 0.15) is 24.3 Å². The van der Waals surface area contributed by atoms with Gasteiger partial charge < -0.3 is 34.5 Å². The van der Waals surface area contributed by atoms with Crippen LogP contribution in [0.15, 0.2) is 54.6 Å². The van der Waals surface area contributed by atoms with Crippen molar-refractivity contribution < 1.29 is 38.5 Å². The number of piperidine rings is 1. The van der Waals surface area contributed by atoms with Crippen LogP contribution >= 0.6 is 0 Å². The van der Waals surface area contributed by atoms with E-state index >= 15 is 0 Å². The van der Waals surface area contributed by atoms with Crippen LogP contribution in [0, 0.1) is 17.1 Å². The van der Waals surface area contributed by atoms with Crippen molar-refractivity contribution in [3.8, 4) is 11.9 Å². The zero-order chi connectivity index (χ0) is 37.1. The number of carboxylic acids is 1. The first-order valence-corrected chi connectivity index (χ1v) is 17.7. The van der Waals surface area contributed by atoms with E-state index in [1.807, 2.05) is 24.3 Å². The van der Waals surface area contributed by atoms with E-state index in [2.05, 4.69) is 14.8 Å². The molecule has 5 heterocycles. The molecule has 3 N–H and O–H groups in total. The Labute approximate surface area is 304 Å². The number of nitrogens with one attached hydrogen (secondary N) is 1. The molecule has 14 nitrogen and oxygen atoms in total. The molecule has 0 radical (unpaired) electrons. The monoisotopic (exact) mass is 725 g/mol. The topological polar surface area (TPSA) is 183 Å². The van der Waals surface area contributed by atoms with Gasteiger partial charge in [-0.2, -0.15) is 5.26 Å². The summed E-state index contributed by atoms with van der Waals surface area (Å²) in [7, 11) is 0. The highest BCUT2D eigenvalue weighted by atomic mass is 19.1. The Balaban J connectivity index is 0.979. The van der Waals surface area contributed by atoms with Gasteiger partial charge in [-0.15, -0.1) is 0 Å². The number of aromatic nitrogens is 3. The number of benzene rings is 2. The minimum atomic E-state index is -1.19. The minimum Gasteiger partial charge on any atom is -0.480 e. The summed E-state index contributed by atoms with van der Waals surface area (Å²) in [5, 5.41) is 30.9. The van der Waals surface area contributed by atoms with Crippen molar-refractivity contribution >= 4 is 28.8 Å². The number of fused-ring (bicyclic) bond motifs is 1. The minimum absolute atomic E-state index is 0.00463. The number of pyridine rings is 1. The van der Waals surface area contributed by atoms with Crippen molar-refractivity contribution in [2.45, 2.75) is 69.5 Å². The van der Waals surface area contributed by atoms with Gasteiger partial charge in [-0.1, -0.05) is 12.1 Å². The molecule has 2 aromatic heterocycles. The first-order valence-electron chi connectivity index (χ1n) is 17.7. The van der Waals surface area contributed by atoms with Crippen LogP contribution in [0.2, 0.25) is 0 Å². The SMILES string of the molecule is N#Cc1ccc(COc2cccc(C3CCN(Cc4nc5cc(C(=O)NCC(=O)N6C[C@@H](O)CC6C(=O)O)ccc5n4C[C@@H]4CCO4)CC3)n2)c(F)c1. The third-order valence-corrected chi connectivity index (χ3v) is 10.2. The maximum Gasteiger partial charge on any atom is 0.326 e. The van der Waals surface area contributed by atoms with Crippen LogP contribution < -0.4 is 10.1 Å². The molecule has 2 aromatic carbocycles. The van der Waals surface area contributed by atoms with E-state index in [0.717, 1.165) is 60.9 Å². The Kier molecular flexibility index (Phi) is 10.6. The molecule has 3 saturated heterocycles. The number of carbonyl (C=O) groups excluding carboxylic acids is 2. The summed E-state index contributed by atoms with van der Waals surface area (Å²) in [5.74, 6) is -1.25. The summed E-state index contributed by atoms with van der Waals surface area (Å²) in [6.45, 7) is 3.11. The number of β-amino-alcohol motifs (C(OH)–C–C–N with tert-alkyl or cyclic N) is 1. The fourth-order valence-electron chi connectivity index (χ4n) is 7.17. The number of amides is 2. The second-order valence-electron chi connectivity index (χ2n) is 13.8. The van der Waals surface area contributed by atoms with Gasteiger partial charge in [0.2, 0.25) is 11.8 Å². The Bertz CT molecular complexity index is 2050. The van der Waals surface area contributed by atoms with Gasteiger partial charge in [0.15, 0.2) is 0 Å². The quantitative estimate of drug-likeness (QED) is 0.195. The summed E-state index contributed by atoms with van der Waals surface area (Å²) < 4.78 is 28.1. The highest BCUT2D eigenvalue weighted by Crippen LogP contribution is 2.30. The van der Waals surface area contributed by atoms with E-state index in [4.69, 9.17) is 24.7 Å². The van der Waals surface area contributed by atoms with Gasteiger partial charge in [0.05, 0.1) is 54.5 Å².